The first kappa shape index (κ1) is 20.8. The predicted octanol–water partition coefficient (Wildman–Crippen LogP) is -1.51. The van der Waals surface area contributed by atoms with Gasteiger partial charge >= 0.3 is 17.9 Å². The number of benzene rings is 1. The Morgan fingerprint density at radius 3 is 2.27 bits per heavy atom. The number of hydrogen-bond donors (Lipinski definition) is 3. The molecule has 1 aromatic carbocycles. The largest absolute Gasteiger partial charge is 0.450 e. The van der Waals surface area contributed by atoms with Gasteiger partial charge in [-0.25, -0.2) is 14.4 Å². The molecule has 2 amide bonds. The van der Waals surface area contributed by atoms with E-state index in [-0.39, 0.29) is 12.1 Å². The van der Waals surface area contributed by atoms with E-state index in [1.165, 1.54) is 19.1 Å². The molecule has 0 saturated carbocycles. The Hall–Kier alpha value is -3.27. The molecule has 0 aliphatic rings. The van der Waals surface area contributed by atoms with Crippen molar-refractivity contribution >= 4 is 29.7 Å². The molecule has 0 saturated heterocycles. The summed E-state index contributed by atoms with van der Waals surface area (Å²) in [5, 5.41) is 4.39. The standard InChI is InChI=1S/C16H19N3O7/c1-10(17)15(23)19-7-12(20)18-8-13(21)26-14(22)9-25-16(24)11-5-3-2-4-6-11/h2-6,10H,7-9,17H2,1H3,(H,18,20)(H,19,23)/t10-/m1/s1. The van der Waals surface area contributed by atoms with Crippen LogP contribution in [-0.2, 0) is 28.7 Å². The van der Waals surface area contributed by atoms with Gasteiger partial charge in [0.1, 0.15) is 6.54 Å². The highest BCUT2D eigenvalue weighted by molar-refractivity contribution is 5.93. The van der Waals surface area contributed by atoms with Crippen LogP contribution < -0.4 is 16.4 Å². The van der Waals surface area contributed by atoms with E-state index in [1.54, 1.807) is 18.2 Å². The van der Waals surface area contributed by atoms with Crippen molar-refractivity contribution in [1.29, 1.82) is 0 Å². The van der Waals surface area contributed by atoms with Gasteiger partial charge < -0.3 is 25.8 Å². The van der Waals surface area contributed by atoms with Crippen molar-refractivity contribution in [3.8, 4) is 0 Å². The van der Waals surface area contributed by atoms with Crippen LogP contribution in [0.25, 0.3) is 0 Å². The summed E-state index contributed by atoms with van der Waals surface area (Å²) < 4.78 is 9.07. The summed E-state index contributed by atoms with van der Waals surface area (Å²) in [6.07, 6.45) is 0. The fourth-order valence-corrected chi connectivity index (χ4v) is 1.54. The third-order valence-electron chi connectivity index (χ3n) is 2.82. The van der Waals surface area contributed by atoms with E-state index in [9.17, 15) is 24.0 Å². The third-order valence-corrected chi connectivity index (χ3v) is 2.82. The molecule has 1 atom stereocenters. The number of ether oxygens (including phenoxy) is 2. The second-order valence-electron chi connectivity index (χ2n) is 5.07. The van der Waals surface area contributed by atoms with Crippen molar-refractivity contribution in [2.45, 2.75) is 13.0 Å². The van der Waals surface area contributed by atoms with Crippen LogP contribution in [0.5, 0.6) is 0 Å². The van der Waals surface area contributed by atoms with Crippen molar-refractivity contribution in [2.24, 2.45) is 5.73 Å². The molecule has 0 spiro atoms. The molecule has 0 aromatic heterocycles. The molecule has 0 aliphatic heterocycles. The molecular weight excluding hydrogens is 346 g/mol. The molecule has 1 aromatic rings. The molecule has 0 unspecified atom stereocenters. The number of nitrogens with two attached hydrogens (primary N) is 1. The van der Waals surface area contributed by atoms with E-state index in [0.717, 1.165) is 0 Å². The second-order valence-corrected chi connectivity index (χ2v) is 5.07. The number of nitrogens with one attached hydrogen (secondary N) is 2. The van der Waals surface area contributed by atoms with E-state index >= 15 is 0 Å². The lowest BCUT2D eigenvalue weighted by Crippen LogP contribution is -2.44. The van der Waals surface area contributed by atoms with Crippen LogP contribution in [0.2, 0.25) is 0 Å². The Bertz CT molecular complexity index is 674. The van der Waals surface area contributed by atoms with Crippen LogP contribution in [0.3, 0.4) is 0 Å². The first-order chi connectivity index (χ1) is 12.3. The van der Waals surface area contributed by atoms with E-state index in [1.807, 2.05) is 0 Å². The Labute approximate surface area is 149 Å². The van der Waals surface area contributed by atoms with Crippen LogP contribution in [0.15, 0.2) is 30.3 Å². The number of carbonyl (C=O) groups excluding carboxylic acids is 5. The Morgan fingerprint density at radius 1 is 1.00 bits per heavy atom. The van der Waals surface area contributed by atoms with Gasteiger partial charge in [0.15, 0.2) is 6.61 Å². The highest BCUT2D eigenvalue weighted by Crippen LogP contribution is 2.00. The molecule has 0 bridgehead atoms. The summed E-state index contributed by atoms with van der Waals surface area (Å²) in [4.78, 5) is 57.0. The molecule has 26 heavy (non-hydrogen) atoms. The molecule has 10 nitrogen and oxygen atoms in total. The van der Waals surface area contributed by atoms with Crippen LogP contribution in [0.1, 0.15) is 17.3 Å². The van der Waals surface area contributed by atoms with Crippen molar-refractivity contribution < 1.29 is 33.4 Å². The number of amides is 2. The van der Waals surface area contributed by atoms with Gasteiger partial charge in [-0.3, -0.25) is 9.59 Å². The summed E-state index contributed by atoms with van der Waals surface area (Å²) in [6.45, 7) is -0.278. The van der Waals surface area contributed by atoms with Crippen molar-refractivity contribution in [3.05, 3.63) is 35.9 Å². The monoisotopic (exact) mass is 365 g/mol. The average Bonchev–Trinajstić information content (AvgIpc) is 2.62. The number of carbonyl (C=O) groups is 5. The minimum absolute atomic E-state index is 0.243. The van der Waals surface area contributed by atoms with Gasteiger partial charge in [-0.1, -0.05) is 18.2 Å². The minimum Gasteiger partial charge on any atom is -0.450 e. The molecule has 0 radical (unpaired) electrons. The SMILES string of the molecule is C[C@@H](N)C(=O)NCC(=O)NCC(=O)OC(=O)COC(=O)c1ccccc1. The lowest BCUT2D eigenvalue weighted by Gasteiger charge is -2.08. The smallest absolute Gasteiger partial charge is 0.351 e. The minimum atomic E-state index is -1.08. The zero-order chi connectivity index (χ0) is 19.5. The average molecular weight is 365 g/mol. The Kier molecular flexibility index (Phi) is 8.44. The summed E-state index contributed by atoms with van der Waals surface area (Å²) in [5.74, 6) is -4.07. The molecule has 140 valence electrons. The maximum Gasteiger partial charge on any atom is 0.351 e. The van der Waals surface area contributed by atoms with Crippen molar-refractivity contribution in [2.75, 3.05) is 19.7 Å². The van der Waals surface area contributed by atoms with E-state index < -0.39 is 48.9 Å². The van der Waals surface area contributed by atoms with Crippen molar-refractivity contribution in [3.63, 3.8) is 0 Å². The maximum atomic E-state index is 11.6. The van der Waals surface area contributed by atoms with Gasteiger partial charge in [-0.15, -0.1) is 0 Å². The van der Waals surface area contributed by atoms with E-state index in [0.29, 0.717) is 0 Å². The van der Waals surface area contributed by atoms with Gasteiger partial charge in [0.05, 0.1) is 18.2 Å². The molecule has 0 aliphatic carbocycles. The summed E-state index contributed by atoms with van der Waals surface area (Å²) >= 11 is 0. The third kappa shape index (κ3) is 8.02. The van der Waals surface area contributed by atoms with Gasteiger partial charge in [0.25, 0.3) is 0 Å². The first-order valence-corrected chi connectivity index (χ1v) is 7.55. The lowest BCUT2D eigenvalue weighted by atomic mass is 10.2. The zero-order valence-corrected chi connectivity index (χ0v) is 14.0. The summed E-state index contributed by atoms with van der Waals surface area (Å²) in [6, 6.07) is 7.18. The highest BCUT2D eigenvalue weighted by atomic mass is 16.6. The van der Waals surface area contributed by atoms with E-state index in [4.69, 9.17) is 10.5 Å². The first-order valence-electron chi connectivity index (χ1n) is 7.55. The molecule has 10 heteroatoms. The van der Waals surface area contributed by atoms with E-state index in [2.05, 4.69) is 15.4 Å². The number of esters is 3. The second kappa shape index (κ2) is 10.6. The number of rotatable bonds is 8. The van der Waals surface area contributed by atoms with Gasteiger partial charge in [0.2, 0.25) is 11.8 Å². The molecule has 1 rings (SSSR count). The summed E-state index contributed by atoms with van der Waals surface area (Å²) in [7, 11) is 0. The number of hydrogen-bond acceptors (Lipinski definition) is 8. The zero-order valence-electron chi connectivity index (χ0n) is 14.0. The van der Waals surface area contributed by atoms with Gasteiger partial charge in [-0.05, 0) is 19.1 Å². The molecular formula is C16H19N3O7. The van der Waals surface area contributed by atoms with Crippen LogP contribution in [0, 0.1) is 0 Å². The van der Waals surface area contributed by atoms with Crippen LogP contribution in [-0.4, -0.2) is 55.5 Å². The van der Waals surface area contributed by atoms with Crippen LogP contribution >= 0.6 is 0 Å². The van der Waals surface area contributed by atoms with Crippen LogP contribution in [0.4, 0.5) is 0 Å². The maximum absolute atomic E-state index is 11.6. The summed E-state index contributed by atoms with van der Waals surface area (Å²) in [5.41, 5.74) is 5.54. The van der Waals surface area contributed by atoms with Gasteiger partial charge in [0, 0.05) is 0 Å². The molecule has 4 N–H and O–H groups in total. The topological polar surface area (TPSA) is 154 Å². The highest BCUT2D eigenvalue weighted by Gasteiger charge is 2.15. The molecule has 0 heterocycles. The Balaban J connectivity index is 2.24. The van der Waals surface area contributed by atoms with Crippen molar-refractivity contribution in [1.82, 2.24) is 10.6 Å². The fourth-order valence-electron chi connectivity index (χ4n) is 1.54. The predicted molar refractivity (Wildman–Crippen MR) is 87.5 cm³/mol. The lowest BCUT2D eigenvalue weighted by molar-refractivity contribution is -0.161. The molecule has 0 fully saturated rings. The quantitative estimate of drug-likeness (QED) is 0.371. The normalized spacial score (nSPS) is 11.0. The fraction of sp³-hybridized carbons (Fsp3) is 0.312. The van der Waals surface area contributed by atoms with Gasteiger partial charge in [-0.2, -0.15) is 0 Å². The Morgan fingerprint density at radius 2 is 1.65 bits per heavy atom.